The zero-order chi connectivity index (χ0) is 17.8. The molecular formula is C14H22FNO4S. The largest absolute Gasteiger partial charge is 0.396 e. The summed E-state index contributed by atoms with van der Waals surface area (Å²) in [6, 6.07) is 6.14. The maximum atomic E-state index is 12.9. The standard InChI is InChI=1S/C13H18FNO.CH4O3S/c1-15-7-6-13(11(8-15)9-16)10-2-4-12(14)5-3-10;1-5(2,3)4/h2-5,11,13,16H,6-9H2,1H3;1H3,(H,2,3,4)/t11-,13-;/m0./s1/i9D2;. The molecule has 0 aromatic heterocycles. The predicted octanol–water partition coefficient (Wildman–Crippen LogP) is 1.36. The molecule has 1 heterocycles. The molecule has 0 aliphatic carbocycles. The molecule has 1 aliphatic rings. The summed E-state index contributed by atoms with van der Waals surface area (Å²) in [5.74, 6) is -0.848. The Morgan fingerprint density at radius 2 is 1.95 bits per heavy atom. The molecule has 1 aliphatic heterocycles. The summed E-state index contributed by atoms with van der Waals surface area (Å²) < 4.78 is 53.9. The Bertz CT molecular complexity index is 596. The second kappa shape index (κ2) is 7.84. The van der Waals surface area contributed by atoms with Gasteiger partial charge in [0, 0.05) is 19.0 Å². The molecule has 0 radical (unpaired) electrons. The molecule has 1 saturated heterocycles. The van der Waals surface area contributed by atoms with Crippen LogP contribution in [0.5, 0.6) is 0 Å². The van der Waals surface area contributed by atoms with E-state index in [1.54, 1.807) is 12.1 Å². The van der Waals surface area contributed by atoms with Crippen LogP contribution in [-0.2, 0) is 10.1 Å². The first-order valence-electron chi connectivity index (χ1n) is 7.46. The van der Waals surface area contributed by atoms with Crippen molar-refractivity contribution in [2.24, 2.45) is 5.92 Å². The molecule has 2 rings (SSSR count). The summed E-state index contributed by atoms with van der Waals surface area (Å²) in [5.41, 5.74) is 0.896. The maximum absolute atomic E-state index is 12.9. The van der Waals surface area contributed by atoms with Crippen LogP contribution in [0.1, 0.15) is 20.6 Å². The number of likely N-dealkylation sites (tertiary alicyclic amines) is 1. The quantitative estimate of drug-likeness (QED) is 0.804. The highest BCUT2D eigenvalue weighted by atomic mass is 32.2. The van der Waals surface area contributed by atoms with Gasteiger partial charge in [-0.3, -0.25) is 4.55 Å². The molecule has 0 amide bonds. The van der Waals surface area contributed by atoms with Gasteiger partial charge >= 0.3 is 0 Å². The summed E-state index contributed by atoms with van der Waals surface area (Å²) >= 11 is 0. The molecule has 1 fully saturated rings. The van der Waals surface area contributed by atoms with E-state index in [1.807, 2.05) is 11.9 Å². The number of nitrogens with zero attached hydrogens (tertiary/aromatic N) is 1. The van der Waals surface area contributed by atoms with Gasteiger partial charge in [-0.1, -0.05) is 12.1 Å². The van der Waals surface area contributed by atoms with Crippen molar-refractivity contribution < 1.29 is 25.2 Å². The fraction of sp³-hybridized carbons (Fsp3) is 0.571. The van der Waals surface area contributed by atoms with Gasteiger partial charge in [0.2, 0.25) is 0 Å². The molecule has 1 aromatic carbocycles. The zero-order valence-electron chi connectivity index (χ0n) is 14.0. The maximum Gasteiger partial charge on any atom is 0.261 e. The Balaban J connectivity index is 0.000000463. The van der Waals surface area contributed by atoms with Crippen LogP contribution in [0, 0.1) is 11.7 Å². The molecule has 120 valence electrons. The highest BCUT2D eigenvalue weighted by molar-refractivity contribution is 7.85. The van der Waals surface area contributed by atoms with Crippen LogP contribution in [0.2, 0.25) is 0 Å². The van der Waals surface area contributed by atoms with E-state index in [2.05, 4.69) is 0 Å². The van der Waals surface area contributed by atoms with Crippen molar-refractivity contribution in [2.45, 2.75) is 12.3 Å². The Labute approximate surface area is 128 Å². The Morgan fingerprint density at radius 1 is 1.43 bits per heavy atom. The van der Waals surface area contributed by atoms with E-state index in [9.17, 15) is 17.9 Å². The average Bonchev–Trinajstić information content (AvgIpc) is 2.37. The lowest BCUT2D eigenvalue weighted by molar-refractivity contribution is 0.118. The number of rotatable bonds is 2. The highest BCUT2D eigenvalue weighted by Gasteiger charge is 2.28. The summed E-state index contributed by atoms with van der Waals surface area (Å²) in [7, 11) is -1.75. The van der Waals surface area contributed by atoms with Gasteiger partial charge in [-0.05, 0) is 43.6 Å². The van der Waals surface area contributed by atoms with Crippen molar-refractivity contribution in [2.75, 3.05) is 33.0 Å². The van der Waals surface area contributed by atoms with Crippen LogP contribution >= 0.6 is 0 Å². The normalized spacial score (nSPS) is 25.4. The van der Waals surface area contributed by atoms with Gasteiger partial charge in [0.15, 0.2) is 0 Å². The van der Waals surface area contributed by atoms with E-state index in [1.165, 1.54) is 12.1 Å². The third-order valence-electron chi connectivity index (χ3n) is 3.28. The minimum absolute atomic E-state index is 0.0678. The summed E-state index contributed by atoms with van der Waals surface area (Å²) in [6.45, 7) is -0.853. The van der Waals surface area contributed by atoms with Gasteiger partial charge < -0.3 is 10.0 Å². The lowest BCUT2D eigenvalue weighted by Gasteiger charge is -2.36. The number of aliphatic hydroxyl groups is 1. The lowest BCUT2D eigenvalue weighted by Crippen LogP contribution is -2.38. The Hall–Kier alpha value is -1.02. The van der Waals surface area contributed by atoms with Crippen molar-refractivity contribution >= 4 is 10.1 Å². The van der Waals surface area contributed by atoms with Gasteiger partial charge in [0.25, 0.3) is 10.1 Å². The van der Waals surface area contributed by atoms with Crippen molar-refractivity contribution in [1.29, 1.82) is 0 Å². The number of hydrogen-bond donors (Lipinski definition) is 2. The first kappa shape index (κ1) is 14.9. The number of halogens is 1. The number of hydrogen-bond acceptors (Lipinski definition) is 4. The van der Waals surface area contributed by atoms with Crippen LogP contribution in [-0.4, -0.2) is 55.9 Å². The van der Waals surface area contributed by atoms with Gasteiger partial charge in [-0.25, -0.2) is 4.39 Å². The van der Waals surface area contributed by atoms with E-state index >= 15 is 0 Å². The van der Waals surface area contributed by atoms with Gasteiger partial charge in [-0.15, -0.1) is 0 Å². The Morgan fingerprint density at radius 3 is 2.43 bits per heavy atom. The lowest BCUT2D eigenvalue weighted by atomic mass is 9.81. The second-order valence-electron chi connectivity index (χ2n) is 5.18. The molecule has 0 spiro atoms. The van der Waals surface area contributed by atoms with Crippen molar-refractivity contribution in [1.82, 2.24) is 4.90 Å². The number of benzene rings is 1. The third-order valence-corrected chi connectivity index (χ3v) is 3.28. The van der Waals surface area contributed by atoms with Crippen LogP contribution in [0.4, 0.5) is 4.39 Å². The molecule has 2 atom stereocenters. The summed E-state index contributed by atoms with van der Waals surface area (Å²) in [5, 5.41) is 9.68. The monoisotopic (exact) mass is 321 g/mol. The molecular weight excluding hydrogens is 297 g/mol. The molecule has 0 bridgehead atoms. The van der Waals surface area contributed by atoms with Crippen molar-refractivity contribution in [3.8, 4) is 0 Å². The molecule has 21 heavy (non-hydrogen) atoms. The Kier molecular flexibility index (Phi) is 5.56. The van der Waals surface area contributed by atoms with Crippen LogP contribution < -0.4 is 0 Å². The van der Waals surface area contributed by atoms with Crippen LogP contribution in [0.3, 0.4) is 0 Å². The van der Waals surface area contributed by atoms with E-state index in [4.69, 9.17) is 7.29 Å². The average molecular weight is 321 g/mol. The topological polar surface area (TPSA) is 77.8 Å². The van der Waals surface area contributed by atoms with Crippen LogP contribution in [0.25, 0.3) is 0 Å². The fourth-order valence-corrected chi connectivity index (χ4v) is 2.35. The zero-order valence-corrected chi connectivity index (χ0v) is 12.8. The molecule has 2 N–H and O–H groups in total. The van der Waals surface area contributed by atoms with E-state index in [0.29, 0.717) is 12.8 Å². The van der Waals surface area contributed by atoms with Crippen molar-refractivity contribution in [3.63, 3.8) is 0 Å². The predicted molar refractivity (Wildman–Crippen MR) is 79.3 cm³/mol. The fourth-order valence-electron chi connectivity index (χ4n) is 2.35. The smallest absolute Gasteiger partial charge is 0.261 e. The molecule has 7 heteroatoms. The van der Waals surface area contributed by atoms with Crippen LogP contribution in [0.15, 0.2) is 24.3 Å². The van der Waals surface area contributed by atoms with E-state index < -0.39 is 22.6 Å². The second-order valence-corrected chi connectivity index (χ2v) is 6.64. The molecule has 5 nitrogen and oxygen atoms in total. The van der Waals surface area contributed by atoms with Gasteiger partial charge in [0.1, 0.15) is 5.82 Å². The minimum Gasteiger partial charge on any atom is -0.396 e. The van der Waals surface area contributed by atoms with Crippen molar-refractivity contribution in [3.05, 3.63) is 35.6 Å². The van der Waals surface area contributed by atoms with E-state index in [-0.39, 0.29) is 11.7 Å². The number of piperidine rings is 1. The minimum atomic E-state index is -3.67. The first-order chi connectivity index (χ1) is 10.4. The summed E-state index contributed by atoms with van der Waals surface area (Å²) in [4.78, 5) is 2.01. The molecule has 0 unspecified atom stereocenters. The first-order valence-corrected chi connectivity index (χ1v) is 8.31. The highest BCUT2D eigenvalue weighted by Crippen LogP contribution is 2.32. The molecule has 1 aromatic rings. The molecule has 0 saturated carbocycles. The van der Waals surface area contributed by atoms with E-state index in [0.717, 1.165) is 18.5 Å². The van der Waals surface area contributed by atoms with Gasteiger partial charge in [-0.2, -0.15) is 8.42 Å². The van der Waals surface area contributed by atoms with Gasteiger partial charge in [0.05, 0.1) is 9.00 Å². The SMILES string of the molecule is CS(=O)(=O)O.[2H]C([2H])(O)[C@@H]1CN(C)CC[C@H]1c1ccc(F)cc1. The third kappa shape index (κ3) is 6.99. The summed E-state index contributed by atoms with van der Waals surface area (Å²) in [6.07, 6.45) is 1.49.